The van der Waals surface area contributed by atoms with Crippen LogP contribution >= 0.6 is 0 Å². The van der Waals surface area contributed by atoms with Gasteiger partial charge in [-0.05, 0) is 26.0 Å². The molecule has 23 heavy (non-hydrogen) atoms. The molecule has 0 aliphatic carbocycles. The molecule has 1 fully saturated rings. The zero-order chi connectivity index (χ0) is 16.1. The average molecular weight is 313 g/mol. The first-order valence-electron chi connectivity index (χ1n) is 7.58. The van der Waals surface area contributed by atoms with Gasteiger partial charge in [0.15, 0.2) is 5.82 Å². The first-order valence-corrected chi connectivity index (χ1v) is 7.58. The molecule has 0 spiro atoms. The fourth-order valence-electron chi connectivity index (χ4n) is 2.72. The Kier molecular flexibility index (Phi) is 4.72. The van der Waals surface area contributed by atoms with E-state index in [4.69, 9.17) is 0 Å². The lowest BCUT2D eigenvalue weighted by molar-refractivity contribution is -0.131. The third kappa shape index (κ3) is 3.59. The van der Waals surface area contributed by atoms with Crippen LogP contribution in [0.15, 0.2) is 30.9 Å². The monoisotopic (exact) mass is 313 g/mol. The molecule has 0 radical (unpaired) electrons. The van der Waals surface area contributed by atoms with Gasteiger partial charge < -0.3 is 15.5 Å². The molecule has 1 amide bonds. The zero-order valence-corrected chi connectivity index (χ0v) is 12.9. The molecule has 3 heterocycles. The number of hydrogen-bond donors (Lipinski definition) is 2. The highest BCUT2D eigenvalue weighted by Crippen LogP contribution is 2.31. The summed E-state index contributed by atoms with van der Waals surface area (Å²) in [7, 11) is 1.77. The normalized spacial score (nSPS) is 17.3. The van der Waals surface area contributed by atoms with E-state index in [1.807, 2.05) is 11.0 Å². The van der Waals surface area contributed by atoms with Crippen molar-refractivity contribution in [3.63, 3.8) is 0 Å². The number of carbonyl (C=O) groups excluding carboxylic acids is 1. The Labute approximate surface area is 134 Å². The lowest BCUT2D eigenvalue weighted by Gasteiger charge is -2.24. The van der Waals surface area contributed by atoms with Gasteiger partial charge in [-0.3, -0.25) is 9.78 Å². The molecule has 1 aliphatic heterocycles. The molecule has 0 unspecified atom stereocenters. The quantitative estimate of drug-likeness (QED) is 0.846. The number of rotatable bonds is 5. The number of likely N-dealkylation sites (N-methyl/N-ethyl adjacent to an activating group) is 1. The number of aromatic nitrogens is 4. The third-order valence-corrected chi connectivity index (χ3v) is 3.72. The van der Waals surface area contributed by atoms with Crippen molar-refractivity contribution in [1.29, 1.82) is 0 Å². The predicted molar refractivity (Wildman–Crippen MR) is 85.0 cm³/mol. The highest BCUT2D eigenvalue weighted by Gasteiger charge is 2.30. The van der Waals surface area contributed by atoms with Gasteiger partial charge in [0.1, 0.15) is 0 Å². The van der Waals surface area contributed by atoms with Crippen molar-refractivity contribution in [2.45, 2.75) is 18.9 Å². The second-order valence-corrected chi connectivity index (χ2v) is 5.30. The van der Waals surface area contributed by atoms with Crippen molar-refractivity contribution in [1.82, 2.24) is 30.2 Å². The van der Waals surface area contributed by atoms with E-state index in [1.54, 1.807) is 31.8 Å². The van der Waals surface area contributed by atoms with Gasteiger partial charge in [0.2, 0.25) is 11.9 Å². The lowest BCUT2D eigenvalue weighted by atomic mass is 10.1. The first-order chi connectivity index (χ1) is 11.3. The predicted octanol–water partition coefficient (Wildman–Crippen LogP) is 0.893. The minimum Gasteiger partial charge on any atom is -0.333 e. The molecule has 120 valence electrons. The van der Waals surface area contributed by atoms with E-state index in [0.717, 1.165) is 25.1 Å². The summed E-state index contributed by atoms with van der Waals surface area (Å²) in [6.45, 7) is 1.11. The summed E-state index contributed by atoms with van der Waals surface area (Å²) < 4.78 is 0. The Hall–Kier alpha value is -2.61. The Balaban J connectivity index is 1.77. The zero-order valence-electron chi connectivity index (χ0n) is 12.9. The fraction of sp³-hybridized carbons (Fsp3) is 0.400. The van der Waals surface area contributed by atoms with Crippen molar-refractivity contribution >= 4 is 17.7 Å². The molecule has 2 aromatic rings. The van der Waals surface area contributed by atoms with E-state index in [2.05, 4.69) is 30.6 Å². The van der Waals surface area contributed by atoms with Gasteiger partial charge in [-0.15, -0.1) is 0 Å². The van der Waals surface area contributed by atoms with Gasteiger partial charge in [-0.2, -0.15) is 0 Å². The standard InChI is InChI=1S/C15H19N7O/c1-16-10-14(23)22-8-2-3-12(22)11-4-5-19-15(20-11)21-13-9-17-6-7-18-13/h4-7,9,12,16H,2-3,8,10H2,1H3,(H,18,19,20,21)/t12-/m0/s1. The summed E-state index contributed by atoms with van der Waals surface area (Å²) in [6.07, 6.45) is 8.40. The van der Waals surface area contributed by atoms with Crippen LogP contribution in [0.1, 0.15) is 24.6 Å². The molecule has 1 atom stereocenters. The van der Waals surface area contributed by atoms with Crippen molar-refractivity contribution < 1.29 is 4.79 Å². The van der Waals surface area contributed by atoms with E-state index < -0.39 is 0 Å². The minimum atomic E-state index is 0.00116. The molecule has 8 nitrogen and oxygen atoms in total. The number of nitrogens with one attached hydrogen (secondary N) is 2. The van der Waals surface area contributed by atoms with Crippen LogP contribution in [0.25, 0.3) is 0 Å². The van der Waals surface area contributed by atoms with Crippen molar-refractivity contribution in [2.24, 2.45) is 0 Å². The number of amides is 1. The number of anilines is 2. The Morgan fingerprint density at radius 2 is 2.26 bits per heavy atom. The van der Waals surface area contributed by atoms with Crippen LogP contribution in [0.4, 0.5) is 11.8 Å². The Bertz CT molecular complexity index is 664. The maximum Gasteiger partial charge on any atom is 0.237 e. The van der Waals surface area contributed by atoms with Gasteiger partial charge in [0.25, 0.3) is 0 Å². The molecule has 0 saturated carbocycles. The molecule has 0 bridgehead atoms. The third-order valence-electron chi connectivity index (χ3n) is 3.72. The summed E-state index contributed by atoms with van der Waals surface area (Å²) in [5, 5.41) is 5.93. The van der Waals surface area contributed by atoms with E-state index in [-0.39, 0.29) is 11.9 Å². The SMILES string of the molecule is CNCC(=O)N1CCC[C@H]1c1ccnc(Nc2cnccn2)n1. The van der Waals surface area contributed by atoms with Crippen LogP contribution in [-0.4, -0.2) is 50.9 Å². The first kappa shape index (κ1) is 15.3. The minimum absolute atomic E-state index is 0.00116. The number of carbonyl (C=O) groups is 1. The molecule has 1 saturated heterocycles. The highest BCUT2D eigenvalue weighted by molar-refractivity contribution is 5.79. The average Bonchev–Trinajstić information content (AvgIpc) is 3.06. The molecule has 2 aromatic heterocycles. The summed E-state index contributed by atoms with van der Waals surface area (Å²) in [5.74, 6) is 1.13. The summed E-state index contributed by atoms with van der Waals surface area (Å²) in [6, 6.07) is 1.86. The van der Waals surface area contributed by atoms with Crippen molar-refractivity contribution in [3.8, 4) is 0 Å². The lowest BCUT2D eigenvalue weighted by Crippen LogP contribution is -2.37. The number of hydrogen-bond acceptors (Lipinski definition) is 7. The fourth-order valence-corrected chi connectivity index (χ4v) is 2.72. The smallest absolute Gasteiger partial charge is 0.237 e. The maximum atomic E-state index is 12.2. The topological polar surface area (TPSA) is 95.9 Å². The van der Waals surface area contributed by atoms with E-state index >= 15 is 0 Å². The largest absolute Gasteiger partial charge is 0.333 e. The molecule has 1 aliphatic rings. The van der Waals surface area contributed by atoms with Gasteiger partial charge in [0.05, 0.1) is 24.5 Å². The molecule has 0 aromatic carbocycles. The molecule has 8 heteroatoms. The number of likely N-dealkylation sites (tertiary alicyclic amines) is 1. The Morgan fingerprint density at radius 3 is 3.04 bits per heavy atom. The molecular formula is C15H19N7O. The van der Waals surface area contributed by atoms with Gasteiger partial charge in [-0.25, -0.2) is 15.0 Å². The highest BCUT2D eigenvalue weighted by atomic mass is 16.2. The molecule has 3 rings (SSSR count). The van der Waals surface area contributed by atoms with Crippen LogP contribution in [0, 0.1) is 0 Å². The van der Waals surface area contributed by atoms with Crippen LogP contribution < -0.4 is 10.6 Å². The van der Waals surface area contributed by atoms with Crippen LogP contribution in [0.3, 0.4) is 0 Å². The summed E-state index contributed by atoms with van der Waals surface area (Å²) in [5.41, 5.74) is 0.841. The molecule has 2 N–H and O–H groups in total. The summed E-state index contributed by atoms with van der Waals surface area (Å²) in [4.78, 5) is 31.0. The second kappa shape index (κ2) is 7.10. The maximum absolute atomic E-state index is 12.2. The Morgan fingerprint density at radius 1 is 1.35 bits per heavy atom. The van der Waals surface area contributed by atoms with Gasteiger partial charge in [-0.1, -0.05) is 0 Å². The van der Waals surface area contributed by atoms with Gasteiger partial charge >= 0.3 is 0 Å². The van der Waals surface area contributed by atoms with E-state index in [9.17, 15) is 4.79 Å². The second-order valence-electron chi connectivity index (χ2n) is 5.30. The van der Waals surface area contributed by atoms with E-state index in [0.29, 0.717) is 18.3 Å². The van der Waals surface area contributed by atoms with Gasteiger partial charge in [0, 0.05) is 25.1 Å². The molecular weight excluding hydrogens is 294 g/mol. The van der Waals surface area contributed by atoms with Crippen molar-refractivity contribution in [2.75, 3.05) is 25.5 Å². The van der Waals surface area contributed by atoms with Crippen LogP contribution in [0.2, 0.25) is 0 Å². The summed E-state index contributed by atoms with van der Waals surface area (Å²) >= 11 is 0. The van der Waals surface area contributed by atoms with Crippen LogP contribution in [-0.2, 0) is 4.79 Å². The van der Waals surface area contributed by atoms with Crippen LogP contribution in [0.5, 0.6) is 0 Å². The van der Waals surface area contributed by atoms with Crippen molar-refractivity contribution in [3.05, 3.63) is 36.5 Å². The van der Waals surface area contributed by atoms with E-state index in [1.165, 1.54) is 0 Å². The number of nitrogens with zero attached hydrogens (tertiary/aromatic N) is 5.